The first-order valence-corrected chi connectivity index (χ1v) is 7.97. The van der Waals surface area contributed by atoms with Gasteiger partial charge in [0.25, 0.3) is 0 Å². The van der Waals surface area contributed by atoms with Gasteiger partial charge in [0.05, 0.1) is 6.21 Å². The highest BCUT2D eigenvalue weighted by molar-refractivity contribution is 7.80. The second-order valence-electron chi connectivity index (χ2n) is 5.32. The van der Waals surface area contributed by atoms with Crippen LogP contribution in [0, 0.1) is 13.8 Å². The standard InChI is InChI=1S/C18H19N3O3S/c1-12-4-3-5-16(13(12)2)20-18(25)21-19-10-14-6-8-15(9-7-14)24-11-17(22)23/h3-10H,11H2,1-2H3,(H,22,23)(H2,20,21,25)/b19-10-. The van der Waals surface area contributed by atoms with Crippen LogP contribution in [0.2, 0.25) is 0 Å². The zero-order valence-electron chi connectivity index (χ0n) is 13.9. The quantitative estimate of drug-likeness (QED) is 0.419. The molecule has 0 atom stereocenters. The minimum absolute atomic E-state index is 0.368. The Hall–Kier alpha value is -2.93. The second-order valence-corrected chi connectivity index (χ2v) is 5.73. The fraction of sp³-hybridized carbons (Fsp3) is 0.167. The van der Waals surface area contributed by atoms with Crippen LogP contribution in [0.25, 0.3) is 0 Å². The number of carboxylic acids is 1. The van der Waals surface area contributed by atoms with Gasteiger partial charge < -0.3 is 15.2 Å². The number of hydrogen-bond donors (Lipinski definition) is 3. The van der Waals surface area contributed by atoms with E-state index in [1.165, 1.54) is 5.56 Å². The maximum absolute atomic E-state index is 10.4. The van der Waals surface area contributed by atoms with E-state index < -0.39 is 5.97 Å². The molecule has 0 fully saturated rings. The van der Waals surface area contributed by atoms with Crippen LogP contribution in [0.3, 0.4) is 0 Å². The topological polar surface area (TPSA) is 83.0 Å². The minimum atomic E-state index is -1.01. The van der Waals surface area contributed by atoms with Gasteiger partial charge in [0.15, 0.2) is 11.7 Å². The van der Waals surface area contributed by atoms with Crippen molar-refractivity contribution in [2.45, 2.75) is 13.8 Å². The summed E-state index contributed by atoms with van der Waals surface area (Å²) >= 11 is 5.22. The lowest BCUT2D eigenvalue weighted by atomic mass is 10.1. The van der Waals surface area contributed by atoms with Crippen molar-refractivity contribution in [1.29, 1.82) is 0 Å². The highest BCUT2D eigenvalue weighted by atomic mass is 32.1. The van der Waals surface area contributed by atoms with Gasteiger partial charge in [-0.15, -0.1) is 0 Å². The number of aryl methyl sites for hydroxylation is 1. The van der Waals surface area contributed by atoms with E-state index in [1.54, 1.807) is 30.5 Å². The van der Waals surface area contributed by atoms with E-state index >= 15 is 0 Å². The number of rotatable bonds is 6. The SMILES string of the molecule is Cc1cccc(NC(=S)N/N=C\c2ccc(OCC(=O)O)cc2)c1C. The summed E-state index contributed by atoms with van der Waals surface area (Å²) in [6.07, 6.45) is 1.61. The molecular weight excluding hydrogens is 338 g/mol. The molecule has 0 aliphatic heterocycles. The molecule has 0 unspecified atom stereocenters. The summed E-state index contributed by atoms with van der Waals surface area (Å²) < 4.78 is 5.06. The molecule has 0 aliphatic carbocycles. The Morgan fingerprint density at radius 2 is 1.96 bits per heavy atom. The highest BCUT2D eigenvalue weighted by Crippen LogP contribution is 2.17. The van der Waals surface area contributed by atoms with E-state index in [0.29, 0.717) is 10.9 Å². The summed E-state index contributed by atoms with van der Waals surface area (Å²) in [5.41, 5.74) is 6.84. The molecular formula is C18H19N3O3S. The third kappa shape index (κ3) is 5.89. The zero-order chi connectivity index (χ0) is 18.2. The Morgan fingerprint density at radius 1 is 1.24 bits per heavy atom. The molecule has 0 spiro atoms. The summed E-state index contributed by atoms with van der Waals surface area (Å²) in [4.78, 5) is 10.4. The molecule has 0 aliphatic rings. The number of anilines is 1. The number of nitrogens with one attached hydrogen (secondary N) is 2. The van der Waals surface area contributed by atoms with Gasteiger partial charge in [-0.05, 0) is 73.1 Å². The van der Waals surface area contributed by atoms with E-state index in [2.05, 4.69) is 15.8 Å². The zero-order valence-corrected chi connectivity index (χ0v) is 14.8. The van der Waals surface area contributed by atoms with Crippen molar-refractivity contribution in [2.75, 3.05) is 11.9 Å². The van der Waals surface area contributed by atoms with E-state index in [4.69, 9.17) is 22.1 Å². The maximum Gasteiger partial charge on any atom is 0.341 e. The summed E-state index contributed by atoms with van der Waals surface area (Å²) in [6, 6.07) is 12.8. The first kappa shape index (κ1) is 18.4. The Bertz CT molecular complexity index is 789. The molecule has 2 rings (SSSR count). The number of ether oxygens (including phenoxy) is 1. The average Bonchev–Trinajstić information content (AvgIpc) is 2.58. The van der Waals surface area contributed by atoms with E-state index in [9.17, 15) is 4.79 Å². The monoisotopic (exact) mass is 357 g/mol. The van der Waals surface area contributed by atoms with Crippen LogP contribution in [0.15, 0.2) is 47.6 Å². The summed E-state index contributed by atoms with van der Waals surface area (Å²) in [5, 5.41) is 16.1. The van der Waals surface area contributed by atoms with Gasteiger partial charge in [-0.2, -0.15) is 5.10 Å². The molecule has 7 heteroatoms. The van der Waals surface area contributed by atoms with Crippen LogP contribution >= 0.6 is 12.2 Å². The summed E-state index contributed by atoms with van der Waals surface area (Å²) in [5.74, 6) is -0.528. The van der Waals surface area contributed by atoms with Crippen molar-refractivity contribution < 1.29 is 14.6 Å². The summed E-state index contributed by atoms with van der Waals surface area (Å²) in [7, 11) is 0. The average molecular weight is 357 g/mol. The number of nitrogens with zero attached hydrogens (tertiary/aromatic N) is 1. The van der Waals surface area contributed by atoms with Crippen molar-refractivity contribution in [3.05, 3.63) is 59.2 Å². The molecule has 2 aromatic carbocycles. The van der Waals surface area contributed by atoms with Crippen molar-refractivity contribution in [3.63, 3.8) is 0 Å². The van der Waals surface area contributed by atoms with E-state index in [-0.39, 0.29) is 6.61 Å². The van der Waals surface area contributed by atoms with Gasteiger partial charge in [-0.3, -0.25) is 5.43 Å². The molecule has 0 amide bonds. The number of hydrazone groups is 1. The van der Waals surface area contributed by atoms with Crippen molar-refractivity contribution in [1.82, 2.24) is 5.43 Å². The molecule has 0 saturated heterocycles. The van der Waals surface area contributed by atoms with Crippen LogP contribution in [0.5, 0.6) is 5.75 Å². The van der Waals surface area contributed by atoms with Crippen molar-refractivity contribution in [3.8, 4) is 5.75 Å². The lowest BCUT2D eigenvalue weighted by Crippen LogP contribution is -2.24. The minimum Gasteiger partial charge on any atom is -0.482 e. The normalized spacial score (nSPS) is 10.5. The first-order chi connectivity index (χ1) is 12.0. The number of hydrogen-bond acceptors (Lipinski definition) is 4. The predicted octanol–water partition coefficient (Wildman–Crippen LogP) is 3.09. The lowest BCUT2D eigenvalue weighted by molar-refractivity contribution is -0.139. The lowest BCUT2D eigenvalue weighted by Gasteiger charge is -2.11. The third-order valence-corrected chi connectivity index (χ3v) is 3.67. The molecule has 130 valence electrons. The third-order valence-electron chi connectivity index (χ3n) is 3.47. The van der Waals surface area contributed by atoms with Gasteiger partial charge in [0.1, 0.15) is 5.75 Å². The maximum atomic E-state index is 10.4. The molecule has 25 heavy (non-hydrogen) atoms. The fourth-order valence-corrected chi connectivity index (χ4v) is 2.16. The van der Waals surface area contributed by atoms with E-state index in [1.807, 2.05) is 32.0 Å². The molecule has 3 N–H and O–H groups in total. The van der Waals surface area contributed by atoms with E-state index in [0.717, 1.165) is 16.8 Å². The number of carbonyl (C=O) groups is 1. The molecule has 0 aromatic heterocycles. The number of benzene rings is 2. The molecule has 0 radical (unpaired) electrons. The van der Waals surface area contributed by atoms with Crippen LogP contribution in [-0.4, -0.2) is 29.0 Å². The van der Waals surface area contributed by atoms with Crippen LogP contribution in [-0.2, 0) is 4.79 Å². The smallest absolute Gasteiger partial charge is 0.341 e. The molecule has 0 bridgehead atoms. The van der Waals surface area contributed by atoms with Crippen molar-refractivity contribution in [2.24, 2.45) is 5.10 Å². The summed E-state index contributed by atoms with van der Waals surface area (Å²) in [6.45, 7) is 3.70. The van der Waals surface area contributed by atoms with Gasteiger partial charge in [0.2, 0.25) is 0 Å². The molecule has 0 saturated carbocycles. The van der Waals surface area contributed by atoms with Gasteiger partial charge in [0, 0.05) is 5.69 Å². The Kier molecular flexibility index (Phi) is 6.47. The number of carboxylic acid groups (broad SMARTS) is 1. The first-order valence-electron chi connectivity index (χ1n) is 7.56. The number of thiocarbonyl (C=S) groups is 1. The van der Waals surface area contributed by atoms with Gasteiger partial charge >= 0.3 is 5.97 Å². The Morgan fingerprint density at radius 3 is 2.64 bits per heavy atom. The Labute approximate surface area is 151 Å². The van der Waals surface area contributed by atoms with Crippen LogP contribution < -0.4 is 15.5 Å². The Balaban J connectivity index is 1.86. The molecule has 2 aromatic rings. The highest BCUT2D eigenvalue weighted by Gasteiger charge is 2.02. The molecule has 0 heterocycles. The fourth-order valence-electron chi connectivity index (χ4n) is 2.00. The second kappa shape index (κ2) is 8.79. The van der Waals surface area contributed by atoms with Crippen LogP contribution in [0.4, 0.5) is 5.69 Å². The predicted molar refractivity (Wildman–Crippen MR) is 102 cm³/mol. The van der Waals surface area contributed by atoms with Gasteiger partial charge in [-0.1, -0.05) is 12.1 Å². The van der Waals surface area contributed by atoms with Crippen molar-refractivity contribution >= 4 is 35.2 Å². The van der Waals surface area contributed by atoms with Crippen LogP contribution in [0.1, 0.15) is 16.7 Å². The number of aliphatic carboxylic acids is 1. The molecule has 6 nitrogen and oxygen atoms in total. The largest absolute Gasteiger partial charge is 0.482 e. The van der Waals surface area contributed by atoms with Gasteiger partial charge in [-0.25, -0.2) is 4.79 Å².